The van der Waals surface area contributed by atoms with E-state index in [1.807, 2.05) is 13.1 Å². The summed E-state index contributed by atoms with van der Waals surface area (Å²) in [6, 6.07) is 3.17. The summed E-state index contributed by atoms with van der Waals surface area (Å²) in [5, 5.41) is 0. The van der Waals surface area contributed by atoms with Gasteiger partial charge in [0.25, 0.3) is 0 Å². The van der Waals surface area contributed by atoms with Crippen LogP contribution in [0.2, 0.25) is 0 Å². The number of fused-ring (bicyclic) bond motifs is 2. The normalized spacial score (nSPS) is 22.1. The first-order valence-electron chi connectivity index (χ1n) is 9.50. The smallest absolute Gasteiger partial charge is 0.163 e. The maximum Gasteiger partial charge on any atom is 0.163 e. The first-order valence-corrected chi connectivity index (χ1v) is 9.50. The zero-order valence-electron chi connectivity index (χ0n) is 16.2. The van der Waals surface area contributed by atoms with Crippen LogP contribution in [0.4, 0.5) is 4.39 Å². The molecule has 0 N–H and O–H groups in total. The third-order valence-corrected chi connectivity index (χ3v) is 5.96. The molecule has 1 aromatic carbocycles. The molecule has 0 amide bonds. The Bertz CT molecular complexity index is 854. The third-order valence-electron chi connectivity index (χ3n) is 5.96. The molecule has 144 valence electrons. The number of methoxy groups -OCH3 is 2. The lowest BCUT2D eigenvalue weighted by Crippen LogP contribution is -2.45. The minimum atomic E-state index is -0.253. The molecule has 4 rings (SSSR count). The predicted octanol–water partition coefficient (Wildman–Crippen LogP) is 3.42. The first kappa shape index (κ1) is 18.2. The van der Waals surface area contributed by atoms with Gasteiger partial charge >= 0.3 is 0 Å². The molecule has 2 aliphatic rings. The van der Waals surface area contributed by atoms with Gasteiger partial charge in [0.15, 0.2) is 11.5 Å². The summed E-state index contributed by atoms with van der Waals surface area (Å²) in [7, 11) is 3.10. The van der Waals surface area contributed by atoms with Crippen molar-refractivity contribution in [3.63, 3.8) is 0 Å². The van der Waals surface area contributed by atoms with Crippen LogP contribution in [-0.2, 0) is 18.4 Å². The van der Waals surface area contributed by atoms with Gasteiger partial charge in [-0.25, -0.2) is 14.4 Å². The Morgan fingerprint density at radius 2 is 1.96 bits per heavy atom. The van der Waals surface area contributed by atoms with Crippen LogP contribution in [0.25, 0.3) is 0 Å². The number of ether oxygens (including phenoxy) is 2. The molecule has 1 aromatic heterocycles. The summed E-state index contributed by atoms with van der Waals surface area (Å²) >= 11 is 0. The highest BCUT2D eigenvalue weighted by Crippen LogP contribution is 2.44. The number of likely N-dealkylation sites (tertiary alicyclic amines) is 1. The Balaban J connectivity index is 1.58. The van der Waals surface area contributed by atoms with Crippen LogP contribution in [0, 0.1) is 12.7 Å². The van der Waals surface area contributed by atoms with Gasteiger partial charge in [0.2, 0.25) is 0 Å². The SMILES string of the molecule is COc1cc(F)c(CN2CCCC3(CCc4cnc(C)nc43)C2)cc1OC. The lowest BCUT2D eigenvalue weighted by molar-refractivity contribution is 0.135. The van der Waals surface area contributed by atoms with Gasteiger partial charge in [-0.1, -0.05) is 0 Å². The number of benzene rings is 1. The molecule has 0 saturated carbocycles. The molecular formula is C21H26FN3O2. The zero-order chi connectivity index (χ0) is 19.0. The molecule has 5 nitrogen and oxygen atoms in total. The lowest BCUT2D eigenvalue weighted by Gasteiger charge is -2.40. The topological polar surface area (TPSA) is 47.5 Å². The minimum absolute atomic E-state index is 0.0777. The second-order valence-corrected chi connectivity index (χ2v) is 7.68. The second kappa shape index (κ2) is 7.08. The Labute approximate surface area is 159 Å². The van der Waals surface area contributed by atoms with Crippen LogP contribution in [0.1, 0.15) is 41.9 Å². The average Bonchev–Trinajstić information content (AvgIpc) is 3.00. The van der Waals surface area contributed by atoms with Crippen molar-refractivity contribution in [1.29, 1.82) is 0 Å². The van der Waals surface area contributed by atoms with Gasteiger partial charge in [-0.2, -0.15) is 0 Å². The first-order chi connectivity index (χ1) is 13.0. The number of piperidine rings is 1. The number of rotatable bonds is 4. The molecular weight excluding hydrogens is 345 g/mol. The Hall–Kier alpha value is -2.21. The van der Waals surface area contributed by atoms with Crippen molar-refractivity contribution in [3.05, 3.63) is 46.8 Å². The summed E-state index contributed by atoms with van der Waals surface area (Å²) in [5.74, 6) is 1.57. The van der Waals surface area contributed by atoms with Gasteiger partial charge in [0, 0.05) is 36.3 Å². The van der Waals surface area contributed by atoms with E-state index in [4.69, 9.17) is 14.5 Å². The van der Waals surface area contributed by atoms with E-state index in [-0.39, 0.29) is 11.2 Å². The third kappa shape index (κ3) is 3.27. The molecule has 2 heterocycles. The van der Waals surface area contributed by atoms with Crippen LogP contribution >= 0.6 is 0 Å². The maximum absolute atomic E-state index is 14.6. The molecule has 0 radical (unpaired) electrons. The number of aryl methyl sites for hydroxylation is 2. The summed E-state index contributed by atoms with van der Waals surface area (Å²) in [6.45, 7) is 4.39. The second-order valence-electron chi connectivity index (χ2n) is 7.68. The quantitative estimate of drug-likeness (QED) is 0.824. The van der Waals surface area contributed by atoms with E-state index in [1.165, 1.54) is 24.4 Å². The molecule has 1 atom stereocenters. The molecule has 27 heavy (non-hydrogen) atoms. The summed E-state index contributed by atoms with van der Waals surface area (Å²) in [4.78, 5) is 11.5. The molecule has 1 aliphatic heterocycles. The van der Waals surface area contributed by atoms with Gasteiger partial charge in [0.1, 0.15) is 11.6 Å². The van der Waals surface area contributed by atoms with E-state index in [0.717, 1.165) is 44.6 Å². The van der Waals surface area contributed by atoms with E-state index < -0.39 is 0 Å². The fourth-order valence-corrected chi connectivity index (χ4v) is 4.65. The number of aromatic nitrogens is 2. The van der Waals surface area contributed by atoms with Gasteiger partial charge in [-0.3, -0.25) is 4.90 Å². The van der Waals surface area contributed by atoms with Crippen LogP contribution in [-0.4, -0.2) is 42.2 Å². The molecule has 2 aromatic rings. The molecule has 0 bridgehead atoms. The Morgan fingerprint density at radius 1 is 1.19 bits per heavy atom. The molecule has 1 fully saturated rings. The fourth-order valence-electron chi connectivity index (χ4n) is 4.65. The summed E-state index contributed by atoms with van der Waals surface area (Å²) < 4.78 is 25.1. The molecule has 1 spiro atoms. The summed E-state index contributed by atoms with van der Waals surface area (Å²) in [5.41, 5.74) is 3.21. The summed E-state index contributed by atoms with van der Waals surface area (Å²) in [6.07, 6.45) is 6.36. The van der Waals surface area contributed by atoms with E-state index in [9.17, 15) is 4.39 Å². The van der Waals surface area contributed by atoms with Crippen LogP contribution in [0.5, 0.6) is 11.5 Å². The number of nitrogens with zero attached hydrogens (tertiary/aromatic N) is 3. The van der Waals surface area contributed by atoms with Gasteiger partial charge in [-0.15, -0.1) is 0 Å². The number of halogens is 1. The van der Waals surface area contributed by atoms with Crippen LogP contribution < -0.4 is 9.47 Å². The highest BCUT2D eigenvalue weighted by molar-refractivity contribution is 5.44. The van der Waals surface area contributed by atoms with E-state index >= 15 is 0 Å². The predicted molar refractivity (Wildman–Crippen MR) is 101 cm³/mol. The molecule has 1 saturated heterocycles. The molecule has 1 aliphatic carbocycles. The minimum Gasteiger partial charge on any atom is -0.493 e. The van der Waals surface area contributed by atoms with Gasteiger partial charge < -0.3 is 9.47 Å². The standard InChI is InChI=1S/C21H26FN3O2/c1-14-23-11-15-5-7-21(20(15)24-14)6-4-8-25(13-21)12-16-9-18(26-2)19(27-3)10-17(16)22/h9-11H,4-8,12-13H2,1-3H3. The van der Waals surface area contributed by atoms with Crippen molar-refractivity contribution in [2.24, 2.45) is 0 Å². The highest BCUT2D eigenvalue weighted by Gasteiger charge is 2.43. The van der Waals surface area contributed by atoms with Crippen molar-refractivity contribution in [2.45, 2.75) is 44.6 Å². The number of hydrogen-bond donors (Lipinski definition) is 0. The van der Waals surface area contributed by atoms with Crippen molar-refractivity contribution in [1.82, 2.24) is 14.9 Å². The van der Waals surface area contributed by atoms with Gasteiger partial charge in [0.05, 0.1) is 19.9 Å². The molecule has 6 heteroatoms. The van der Waals surface area contributed by atoms with Crippen molar-refractivity contribution in [3.8, 4) is 11.5 Å². The monoisotopic (exact) mass is 371 g/mol. The van der Waals surface area contributed by atoms with E-state index in [2.05, 4.69) is 9.88 Å². The van der Waals surface area contributed by atoms with E-state index in [0.29, 0.717) is 23.6 Å². The van der Waals surface area contributed by atoms with Gasteiger partial charge in [-0.05, 0) is 50.8 Å². The average molecular weight is 371 g/mol. The highest BCUT2D eigenvalue weighted by atomic mass is 19.1. The maximum atomic E-state index is 14.6. The Morgan fingerprint density at radius 3 is 2.74 bits per heavy atom. The van der Waals surface area contributed by atoms with Crippen LogP contribution in [0.15, 0.2) is 18.3 Å². The molecule has 1 unspecified atom stereocenters. The van der Waals surface area contributed by atoms with Crippen molar-refractivity contribution in [2.75, 3.05) is 27.3 Å². The lowest BCUT2D eigenvalue weighted by atomic mass is 9.77. The zero-order valence-corrected chi connectivity index (χ0v) is 16.2. The van der Waals surface area contributed by atoms with Crippen LogP contribution in [0.3, 0.4) is 0 Å². The van der Waals surface area contributed by atoms with Crippen molar-refractivity contribution >= 4 is 0 Å². The number of hydrogen-bond acceptors (Lipinski definition) is 5. The van der Waals surface area contributed by atoms with Crippen molar-refractivity contribution < 1.29 is 13.9 Å². The van der Waals surface area contributed by atoms with E-state index in [1.54, 1.807) is 13.2 Å². The largest absolute Gasteiger partial charge is 0.493 e. The fraction of sp³-hybridized carbons (Fsp3) is 0.524. The Kier molecular flexibility index (Phi) is 4.76.